The number of hydrogen-bond acceptors (Lipinski definition) is 3. The van der Waals surface area contributed by atoms with Crippen molar-refractivity contribution >= 4 is 0 Å². The molecule has 1 aromatic rings. The van der Waals surface area contributed by atoms with E-state index in [2.05, 4.69) is 4.98 Å². The molecule has 0 N–H and O–H groups in total. The van der Waals surface area contributed by atoms with Crippen LogP contribution < -0.4 is 0 Å². The normalized spacial score (nSPS) is 6.31. The van der Waals surface area contributed by atoms with Crippen molar-refractivity contribution in [2.24, 2.45) is 7.05 Å². The van der Waals surface area contributed by atoms with Gasteiger partial charge >= 0.3 is 0 Å². The number of nitrogens with zero attached hydrogens (tertiary/aromatic N) is 4. The molecule has 0 spiro atoms. The van der Waals surface area contributed by atoms with E-state index < -0.39 is 0 Å². The maximum absolute atomic E-state index is 8.23. The van der Waals surface area contributed by atoms with E-state index in [1.807, 2.05) is 27.0 Å². The van der Waals surface area contributed by atoms with Gasteiger partial charge in [-0.3, -0.25) is 0 Å². The van der Waals surface area contributed by atoms with Gasteiger partial charge < -0.3 is 4.57 Å². The SMILES string of the molecule is CC.CC#N.Cn1cnc(C#N)c1. The van der Waals surface area contributed by atoms with Crippen LogP contribution in [0.5, 0.6) is 0 Å². The van der Waals surface area contributed by atoms with Crippen LogP contribution >= 0.6 is 0 Å². The zero-order valence-electron chi connectivity index (χ0n) is 8.44. The Labute approximate surface area is 79.1 Å². The number of rotatable bonds is 0. The molecular weight excluding hydrogens is 164 g/mol. The lowest BCUT2D eigenvalue weighted by molar-refractivity contribution is 0.913. The monoisotopic (exact) mass is 178 g/mol. The second-order valence-corrected chi connectivity index (χ2v) is 1.76. The number of aromatic nitrogens is 2. The number of aryl methyl sites for hydroxylation is 1. The summed E-state index contributed by atoms with van der Waals surface area (Å²) in [7, 11) is 1.83. The lowest BCUT2D eigenvalue weighted by Gasteiger charge is -1.77. The van der Waals surface area contributed by atoms with Crippen molar-refractivity contribution in [3.8, 4) is 12.1 Å². The van der Waals surface area contributed by atoms with Crippen molar-refractivity contribution in [1.29, 1.82) is 10.5 Å². The molecule has 0 amide bonds. The fourth-order valence-electron chi connectivity index (χ4n) is 0.471. The standard InChI is InChI=1S/C5H5N3.C2H3N.C2H6/c1-8-3-5(2-6)7-4-8;1-2-3;1-2/h3-4H,1H3;1H3;1-2H3. The van der Waals surface area contributed by atoms with Crippen LogP contribution in [-0.2, 0) is 7.05 Å². The molecule has 0 aliphatic carbocycles. The van der Waals surface area contributed by atoms with Crippen molar-refractivity contribution in [3.05, 3.63) is 18.2 Å². The van der Waals surface area contributed by atoms with E-state index in [1.165, 1.54) is 6.92 Å². The second kappa shape index (κ2) is 10.2. The van der Waals surface area contributed by atoms with Gasteiger partial charge in [0.2, 0.25) is 0 Å². The average Bonchev–Trinajstić information content (AvgIpc) is 2.56. The molecule has 0 radical (unpaired) electrons. The molecular formula is C9H14N4. The third-order valence-corrected chi connectivity index (χ3v) is 0.819. The molecule has 4 heteroatoms. The summed E-state index contributed by atoms with van der Waals surface area (Å²) in [6.07, 6.45) is 3.26. The van der Waals surface area contributed by atoms with Crippen LogP contribution in [-0.4, -0.2) is 9.55 Å². The molecule has 0 aromatic carbocycles. The van der Waals surface area contributed by atoms with Gasteiger partial charge in [0, 0.05) is 20.2 Å². The summed E-state index contributed by atoms with van der Waals surface area (Å²) in [5.74, 6) is 0. The van der Waals surface area contributed by atoms with Crippen molar-refractivity contribution in [3.63, 3.8) is 0 Å². The molecule has 1 rings (SSSR count). The Bertz CT molecular complexity index is 287. The summed E-state index contributed by atoms with van der Waals surface area (Å²) in [6, 6.07) is 3.67. The molecule has 0 unspecified atom stereocenters. The van der Waals surface area contributed by atoms with Gasteiger partial charge in [0.05, 0.1) is 12.4 Å². The lowest BCUT2D eigenvalue weighted by Crippen LogP contribution is -1.77. The third-order valence-electron chi connectivity index (χ3n) is 0.819. The van der Waals surface area contributed by atoms with Crippen molar-refractivity contribution in [1.82, 2.24) is 9.55 Å². The highest BCUT2D eigenvalue weighted by atomic mass is 15.0. The molecule has 0 aliphatic rings. The fraction of sp³-hybridized carbons (Fsp3) is 0.444. The summed E-state index contributed by atoms with van der Waals surface area (Å²) < 4.78 is 1.73. The minimum atomic E-state index is 0.465. The van der Waals surface area contributed by atoms with Crippen molar-refractivity contribution in [2.75, 3.05) is 0 Å². The highest BCUT2D eigenvalue weighted by Gasteiger charge is 1.88. The average molecular weight is 178 g/mol. The largest absolute Gasteiger partial charge is 0.339 e. The topological polar surface area (TPSA) is 65.4 Å². The van der Waals surface area contributed by atoms with E-state index in [9.17, 15) is 0 Å². The molecule has 13 heavy (non-hydrogen) atoms. The molecule has 0 saturated heterocycles. The smallest absolute Gasteiger partial charge is 0.158 e. The number of hydrogen-bond donors (Lipinski definition) is 0. The van der Waals surface area contributed by atoms with Crippen molar-refractivity contribution < 1.29 is 0 Å². The van der Waals surface area contributed by atoms with Crippen LogP contribution in [0, 0.1) is 22.7 Å². The van der Waals surface area contributed by atoms with Gasteiger partial charge in [-0.05, 0) is 0 Å². The Balaban J connectivity index is 0. The first-order chi connectivity index (χ1) is 6.24. The van der Waals surface area contributed by atoms with Gasteiger partial charge in [0.25, 0.3) is 0 Å². The van der Waals surface area contributed by atoms with Crippen LogP contribution in [0.2, 0.25) is 0 Å². The first kappa shape index (κ1) is 13.8. The quantitative estimate of drug-likeness (QED) is 0.609. The Hall–Kier alpha value is -1.81. The first-order valence-electron chi connectivity index (χ1n) is 3.93. The van der Waals surface area contributed by atoms with Gasteiger partial charge in [-0.2, -0.15) is 10.5 Å². The van der Waals surface area contributed by atoms with Crippen molar-refractivity contribution in [2.45, 2.75) is 20.8 Å². The van der Waals surface area contributed by atoms with E-state index >= 15 is 0 Å². The lowest BCUT2D eigenvalue weighted by atomic mass is 10.5. The Morgan fingerprint density at radius 3 is 2.00 bits per heavy atom. The molecule has 4 nitrogen and oxygen atoms in total. The molecule has 0 aliphatic heterocycles. The molecule has 0 bridgehead atoms. The molecule has 1 aromatic heterocycles. The van der Waals surface area contributed by atoms with Crippen LogP contribution in [0.1, 0.15) is 26.5 Å². The molecule has 0 fully saturated rings. The van der Waals surface area contributed by atoms with Gasteiger partial charge in [0.1, 0.15) is 6.07 Å². The van der Waals surface area contributed by atoms with Gasteiger partial charge in [-0.1, -0.05) is 13.8 Å². The van der Waals surface area contributed by atoms with E-state index in [0.717, 1.165) is 0 Å². The van der Waals surface area contributed by atoms with E-state index in [0.29, 0.717) is 5.69 Å². The highest BCUT2D eigenvalue weighted by Crippen LogP contribution is 1.87. The van der Waals surface area contributed by atoms with Crippen LogP contribution in [0.15, 0.2) is 12.5 Å². The molecule has 1 heterocycles. The summed E-state index contributed by atoms with van der Waals surface area (Å²) >= 11 is 0. The summed E-state index contributed by atoms with van der Waals surface area (Å²) in [5, 5.41) is 15.5. The minimum absolute atomic E-state index is 0.465. The first-order valence-corrected chi connectivity index (χ1v) is 3.93. The Kier molecular flexibility index (Phi) is 10.8. The van der Waals surface area contributed by atoms with E-state index in [1.54, 1.807) is 23.2 Å². The zero-order chi connectivity index (χ0) is 10.7. The Morgan fingerprint density at radius 2 is 1.85 bits per heavy atom. The van der Waals surface area contributed by atoms with Crippen LogP contribution in [0.25, 0.3) is 0 Å². The molecule has 0 saturated carbocycles. The molecule has 0 atom stereocenters. The summed E-state index contributed by atoms with van der Waals surface area (Å²) in [6.45, 7) is 5.43. The summed E-state index contributed by atoms with van der Waals surface area (Å²) in [4.78, 5) is 3.74. The number of nitriles is 2. The van der Waals surface area contributed by atoms with Gasteiger partial charge in [0.15, 0.2) is 5.69 Å². The zero-order valence-corrected chi connectivity index (χ0v) is 8.44. The van der Waals surface area contributed by atoms with E-state index in [-0.39, 0.29) is 0 Å². The fourth-order valence-corrected chi connectivity index (χ4v) is 0.471. The molecule has 70 valence electrons. The second-order valence-electron chi connectivity index (χ2n) is 1.76. The van der Waals surface area contributed by atoms with Gasteiger partial charge in [-0.25, -0.2) is 4.98 Å². The van der Waals surface area contributed by atoms with Crippen LogP contribution in [0.3, 0.4) is 0 Å². The van der Waals surface area contributed by atoms with Crippen LogP contribution in [0.4, 0.5) is 0 Å². The predicted molar refractivity (Wildman–Crippen MR) is 50.6 cm³/mol. The highest BCUT2D eigenvalue weighted by molar-refractivity contribution is 5.14. The predicted octanol–water partition coefficient (Wildman–Crippen LogP) is 1.85. The number of imidazole rings is 1. The van der Waals surface area contributed by atoms with E-state index in [4.69, 9.17) is 10.5 Å². The minimum Gasteiger partial charge on any atom is -0.339 e. The summed E-state index contributed by atoms with van der Waals surface area (Å²) in [5.41, 5.74) is 0.465. The van der Waals surface area contributed by atoms with Gasteiger partial charge in [-0.15, -0.1) is 0 Å². The third kappa shape index (κ3) is 8.09. The Morgan fingerprint density at radius 1 is 1.38 bits per heavy atom. The maximum Gasteiger partial charge on any atom is 0.158 e. The maximum atomic E-state index is 8.23.